The zero-order valence-corrected chi connectivity index (χ0v) is 7.82. The number of benzene rings is 1. The summed E-state index contributed by atoms with van der Waals surface area (Å²) < 4.78 is 0. The smallest absolute Gasteiger partial charge is 0.211 e. The molecule has 1 rings (SSSR count). The first kappa shape index (κ1) is 10.1. The number of anilines is 2. The average Bonchev–Trinajstić information content (AvgIpc) is 2.21. The molecule has 4 heteroatoms. The number of nitriles is 1. The highest BCUT2D eigenvalue weighted by Gasteiger charge is 1.98. The molecule has 0 spiro atoms. The highest BCUT2D eigenvalue weighted by Crippen LogP contribution is 2.13. The zero-order valence-electron chi connectivity index (χ0n) is 7.82. The van der Waals surface area contributed by atoms with Gasteiger partial charge in [0.15, 0.2) is 0 Å². The summed E-state index contributed by atoms with van der Waals surface area (Å²) in [6.07, 6.45) is 0.625. The monoisotopic (exact) mass is 189 g/mol. The molecule has 1 aromatic carbocycles. The van der Waals surface area contributed by atoms with Gasteiger partial charge >= 0.3 is 0 Å². The molecule has 0 aromatic heterocycles. The maximum atomic E-state index is 10.1. The van der Waals surface area contributed by atoms with Crippen LogP contribution < -0.4 is 10.6 Å². The molecule has 1 amide bonds. The highest BCUT2D eigenvalue weighted by molar-refractivity contribution is 5.72. The third-order valence-corrected chi connectivity index (χ3v) is 1.69. The van der Waals surface area contributed by atoms with Crippen molar-refractivity contribution >= 4 is 17.8 Å². The Bertz CT molecular complexity index is 339. The number of hydrogen-bond acceptors (Lipinski definition) is 3. The minimum Gasteiger partial charge on any atom is -0.370 e. The fourth-order valence-corrected chi connectivity index (χ4v) is 1.01. The van der Waals surface area contributed by atoms with Crippen LogP contribution in [0.2, 0.25) is 0 Å². The van der Waals surface area contributed by atoms with Gasteiger partial charge in [0.25, 0.3) is 0 Å². The van der Waals surface area contributed by atoms with Gasteiger partial charge in [0.1, 0.15) is 6.04 Å². The first-order valence-corrected chi connectivity index (χ1v) is 4.22. The number of carbonyl (C=O) groups is 1. The standard InChI is InChI=1S/C10H11N3O/c1-8(6-11)13-10-4-2-9(3-5-10)12-7-14/h2-5,7-8,13H,1H3,(H,12,14). The van der Waals surface area contributed by atoms with Crippen LogP contribution in [0.25, 0.3) is 0 Å². The fraction of sp³-hybridized carbons (Fsp3) is 0.200. The normalized spacial score (nSPS) is 11.1. The molecule has 4 nitrogen and oxygen atoms in total. The summed E-state index contributed by atoms with van der Waals surface area (Å²) in [6.45, 7) is 1.78. The largest absolute Gasteiger partial charge is 0.370 e. The van der Waals surface area contributed by atoms with Crippen LogP contribution in [0.3, 0.4) is 0 Å². The van der Waals surface area contributed by atoms with E-state index < -0.39 is 0 Å². The van der Waals surface area contributed by atoms with E-state index in [0.29, 0.717) is 6.41 Å². The molecular weight excluding hydrogens is 178 g/mol. The van der Waals surface area contributed by atoms with Crippen molar-refractivity contribution in [3.63, 3.8) is 0 Å². The summed E-state index contributed by atoms with van der Waals surface area (Å²) >= 11 is 0. The molecule has 0 saturated heterocycles. The molecule has 2 N–H and O–H groups in total. The van der Waals surface area contributed by atoms with E-state index in [1.807, 2.05) is 0 Å². The molecule has 1 unspecified atom stereocenters. The lowest BCUT2D eigenvalue weighted by molar-refractivity contribution is -0.105. The summed E-state index contributed by atoms with van der Waals surface area (Å²) in [6, 6.07) is 8.99. The predicted molar refractivity (Wildman–Crippen MR) is 54.8 cm³/mol. The van der Waals surface area contributed by atoms with Crippen molar-refractivity contribution in [1.82, 2.24) is 0 Å². The summed E-state index contributed by atoms with van der Waals surface area (Å²) in [4.78, 5) is 10.1. The van der Waals surface area contributed by atoms with E-state index in [0.717, 1.165) is 11.4 Å². The number of nitrogens with zero attached hydrogens (tertiary/aromatic N) is 1. The second-order valence-electron chi connectivity index (χ2n) is 2.83. The van der Waals surface area contributed by atoms with E-state index in [1.54, 1.807) is 31.2 Å². The van der Waals surface area contributed by atoms with Crippen LogP contribution in [0.4, 0.5) is 11.4 Å². The topological polar surface area (TPSA) is 64.9 Å². The van der Waals surface area contributed by atoms with Crippen molar-refractivity contribution in [2.45, 2.75) is 13.0 Å². The second kappa shape index (κ2) is 4.87. The Morgan fingerprint density at radius 1 is 1.36 bits per heavy atom. The van der Waals surface area contributed by atoms with E-state index in [-0.39, 0.29) is 6.04 Å². The van der Waals surface area contributed by atoms with Crippen LogP contribution in [0, 0.1) is 11.3 Å². The van der Waals surface area contributed by atoms with Crippen molar-refractivity contribution in [1.29, 1.82) is 5.26 Å². The highest BCUT2D eigenvalue weighted by atomic mass is 16.1. The fourth-order valence-electron chi connectivity index (χ4n) is 1.01. The summed E-state index contributed by atoms with van der Waals surface area (Å²) in [5, 5.41) is 14.1. The number of rotatable bonds is 4. The van der Waals surface area contributed by atoms with Crippen molar-refractivity contribution in [3.8, 4) is 6.07 Å². The Morgan fingerprint density at radius 2 is 1.93 bits per heavy atom. The molecule has 1 atom stereocenters. The number of hydrogen-bond donors (Lipinski definition) is 2. The maximum Gasteiger partial charge on any atom is 0.211 e. The van der Waals surface area contributed by atoms with Gasteiger partial charge in [-0.1, -0.05) is 0 Å². The van der Waals surface area contributed by atoms with Gasteiger partial charge in [-0.3, -0.25) is 4.79 Å². The third-order valence-electron chi connectivity index (χ3n) is 1.69. The van der Waals surface area contributed by atoms with E-state index in [1.165, 1.54) is 0 Å². The van der Waals surface area contributed by atoms with Crippen molar-refractivity contribution in [3.05, 3.63) is 24.3 Å². The molecule has 0 heterocycles. The Hall–Kier alpha value is -2.02. The predicted octanol–water partition coefficient (Wildman–Crippen LogP) is 1.58. The zero-order chi connectivity index (χ0) is 10.4. The lowest BCUT2D eigenvalue weighted by Crippen LogP contribution is -2.11. The van der Waals surface area contributed by atoms with Crippen molar-refractivity contribution < 1.29 is 4.79 Å². The van der Waals surface area contributed by atoms with Crippen molar-refractivity contribution in [2.75, 3.05) is 10.6 Å². The molecule has 14 heavy (non-hydrogen) atoms. The first-order chi connectivity index (χ1) is 6.76. The van der Waals surface area contributed by atoms with Crippen LogP contribution in [-0.4, -0.2) is 12.5 Å². The SMILES string of the molecule is CC(C#N)Nc1ccc(NC=O)cc1. The quantitative estimate of drug-likeness (QED) is 0.707. The Morgan fingerprint density at radius 3 is 2.43 bits per heavy atom. The number of nitrogens with one attached hydrogen (secondary N) is 2. The van der Waals surface area contributed by atoms with Gasteiger partial charge in [-0.2, -0.15) is 5.26 Å². The van der Waals surface area contributed by atoms with Crippen LogP contribution in [-0.2, 0) is 4.79 Å². The molecule has 1 aromatic rings. The van der Waals surface area contributed by atoms with Gasteiger partial charge in [-0.25, -0.2) is 0 Å². The number of carbonyl (C=O) groups excluding carboxylic acids is 1. The second-order valence-corrected chi connectivity index (χ2v) is 2.83. The van der Waals surface area contributed by atoms with Gasteiger partial charge in [0.05, 0.1) is 6.07 Å². The lowest BCUT2D eigenvalue weighted by Gasteiger charge is -2.07. The molecule has 0 aliphatic heterocycles. The Kier molecular flexibility index (Phi) is 3.50. The van der Waals surface area contributed by atoms with Gasteiger partial charge in [0.2, 0.25) is 6.41 Å². The molecule has 0 radical (unpaired) electrons. The lowest BCUT2D eigenvalue weighted by atomic mass is 10.2. The van der Waals surface area contributed by atoms with Gasteiger partial charge in [-0.15, -0.1) is 0 Å². The van der Waals surface area contributed by atoms with Crippen LogP contribution in [0.15, 0.2) is 24.3 Å². The summed E-state index contributed by atoms with van der Waals surface area (Å²) in [7, 11) is 0. The Labute approximate surface area is 82.5 Å². The summed E-state index contributed by atoms with van der Waals surface area (Å²) in [5.41, 5.74) is 1.59. The van der Waals surface area contributed by atoms with Crippen LogP contribution in [0.5, 0.6) is 0 Å². The molecule has 0 bridgehead atoms. The minimum atomic E-state index is -0.222. The van der Waals surface area contributed by atoms with E-state index in [2.05, 4.69) is 16.7 Å². The van der Waals surface area contributed by atoms with E-state index in [4.69, 9.17) is 5.26 Å². The molecule has 0 fully saturated rings. The molecule has 0 aliphatic carbocycles. The third kappa shape index (κ3) is 2.79. The average molecular weight is 189 g/mol. The molecular formula is C10H11N3O. The maximum absolute atomic E-state index is 10.1. The van der Waals surface area contributed by atoms with Crippen LogP contribution in [0.1, 0.15) is 6.92 Å². The molecule has 0 aliphatic rings. The minimum absolute atomic E-state index is 0.222. The molecule has 72 valence electrons. The van der Waals surface area contributed by atoms with Gasteiger partial charge < -0.3 is 10.6 Å². The van der Waals surface area contributed by atoms with Gasteiger partial charge in [0, 0.05) is 11.4 Å². The van der Waals surface area contributed by atoms with Crippen molar-refractivity contribution in [2.24, 2.45) is 0 Å². The summed E-state index contributed by atoms with van der Waals surface area (Å²) in [5.74, 6) is 0. The number of amides is 1. The molecule has 0 saturated carbocycles. The Balaban J connectivity index is 2.64. The first-order valence-electron chi connectivity index (χ1n) is 4.22. The van der Waals surface area contributed by atoms with Gasteiger partial charge in [-0.05, 0) is 31.2 Å². The van der Waals surface area contributed by atoms with E-state index in [9.17, 15) is 4.79 Å². The van der Waals surface area contributed by atoms with E-state index >= 15 is 0 Å². The van der Waals surface area contributed by atoms with Crippen LogP contribution >= 0.6 is 0 Å².